The molecule has 12 heavy (non-hydrogen) atoms. The third kappa shape index (κ3) is 1.55. The Bertz CT molecular complexity index is 268. The fourth-order valence-electron chi connectivity index (χ4n) is 1.24. The van der Waals surface area contributed by atoms with Crippen LogP contribution >= 0.6 is 22.6 Å². The largest absolute Gasteiger partial charge is 0.480 e. The van der Waals surface area contributed by atoms with Crippen molar-refractivity contribution in [1.82, 2.24) is 0 Å². The molecular weight excluding hydrogens is 267 g/mol. The lowest BCUT2D eigenvalue weighted by atomic mass is 9.87. The van der Waals surface area contributed by atoms with Gasteiger partial charge < -0.3 is 5.11 Å². The molecule has 1 rings (SSSR count). The van der Waals surface area contributed by atoms with Crippen LogP contribution in [-0.2, 0) is 4.79 Å². The van der Waals surface area contributed by atoms with Crippen LogP contribution in [-0.4, -0.2) is 14.5 Å². The predicted molar refractivity (Wildman–Crippen MR) is 56.4 cm³/mol. The van der Waals surface area contributed by atoms with E-state index in [0.717, 1.165) is 5.57 Å². The molecule has 2 atom stereocenters. The van der Waals surface area contributed by atoms with Gasteiger partial charge in [0.2, 0.25) is 0 Å². The molecule has 1 aliphatic carbocycles. The van der Waals surface area contributed by atoms with E-state index >= 15 is 0 Å². The molecule has 2 unspecified atom stereocenters. The first-order valence-corrected chi connectivity index (χ1v) is 4.84. The number of carboxylic acid groups (broad SMARTS) is 1. The van der Waals surface area contributed by atoms with E-state index in [1.165, 1.54) is 0 Å². The third-order valence-corrected chi connectivity index (χ3v) is 3.90. The average molecular weight is 278 g/mol. The van der Waals surface area contributed by atoms with E-state index in [4.69, 9.17) is 5.11 Å². The second-order valence-corrected chi connectivity index (χ2v) is 4.89. The Morgan fingerprint density at radius 3 is 2.75 bits per heavy atom. The van der Waals surface area contributed by atoms with Crippen molar-refractivity contribution < 1.29 is 9.90 Å². The van der Waals surface area contributed by atoms with E-state index < -0.39 is 9.39 Å². The molecule has 1 aliphatic rings. The van der Waals surface area contributed by atoms with E-state index in [-0.39, 0.29) is 5.92 Å². The fraction of sp³-hybridized carbons (Fsp3) is 0.444. The number of alkyl halides is 1. The topological polar surface area (TPSA) is 37.3 Å². The number of aliphatic carboxylic acids is 1. The molecule has 0 aromatic heterocycles. The zero-order chi connectivity index (χ0) is 9.35. The molecule has 0 radical (unpaired) electrons. The summed E-state index contributed by atoms with van der Waals surface area (Å²) in [6.45, 7) is 3.90. The van der Waals surface area contributed by atoms with Crippen molar-refractivity contribution in [2.75, 3.05) is 0 Å². The Morgan fingerprint density at radius 2 is 2.33 bits per heavy atom. The van der Waals surface area contributed by atoms with Gasteiger partial charge in [-0.1, -0.05) is 53.3 Å². The fourth-order valence-corrected chi connectivity index (χ4v) is 1.60. The number of rotatable bonds is 1. The summed E-state index contributed by atoms with van der Waals surface area (Å²) in [5.74, 6) is -0.712. The Kier molecular flexibility index (Phi) is 2.61. The Balaban J connectivity index is 2.99. The molecule has 0 saturated carbocycles. The maximum absolute atomic E-state index is 10.9. The number of carboxylic acids is 1. The van der Waals surface area contributed by atoms with E-state index in [9.17, 15) is 4.79 Å². The van der Waals surface area contributed by atoms with Gasteiger partial charge in [0.15, 0.2) is 0 Å². The molecule has 0 saturated heterocycles. The van der Waals surface area contributed by atoms with E-state index in [0.29, 0.717) is 0 Å². The second kappa shape index (κ2) is 3.20. The highest BCUT2D eigenvalue weighted by molar-refractivity contribution is 14.1. The summed E-state index contributed by atoms with van der Waals surface area (Å²) < 4.78 is -0.753. The van der Waals surface area contributed by atoms with Gasteiger partial charge in [-0.15, -0.1) is 0 Å². The van der Waals surface area contributed by atoms with Crippen LogP contribution < -0.4 is 0 Å². The van der Waals surface area contributed by atoms with Gasteiger partial charge in [0, 0.05) is 5.92 Å². The molecule has 0 spiro atoms. The third-order valence-electron chi connectivity index (χ3n) is 2.09. The highest BCUT2D eigenvalue weighted by atomic mass is 127. The van der Waals surface area contributed by atoms with E-state index in [2.05, 4.69) is 0 Å². The van der Waals surface area contributed by atoms with Crippen LogP contribution in [0.5, 0.6) is 0 Å². The number of allylic oxidation sites excluding steroid dienone is 3. The second-order valence-electron chi connectivity index (χ2n) is 3.11. The SMILES string of the molecule is CC1=CC(C)C(I)(C(=O)O)C=C1. The zero-order valence-corrected chi connectivity index (χ0v) is 9.20. The molecule has 0 aromatic rings. The average Bonchev–Trinajstić information content (AvgIpc) is 1.97. The Morgan fingerprint density at radius 1 is 1.75 bits per heavy atom. The van der Waals surface area contributed by atoms with Crippen molar-refractivity contribution in [2.24, 2.45) is 5.92 Å². The van der Waals surface area contributed by atoms with E-state index in [1.54, 1.807) is 6.08 Å². The van der Waals surface area contributed by atoms with Gasteiger partial charge in [-0.3, -0.25) is 4.79 Å². The van der Waals surface area contributed by atoms with Crippen LogP contribution in [0.2, 0.25) is 0 Å². The van der Waals surface area contributed by atoms with Gasteiger partial charge in [-0.2, -0.15) is 0 Å². The number of carbonyl (C=O) groups is 1. The van der Waals surface area contributed by atoms with Crippen LogP contribution in [0.15, 0.2) is 23.8 Å². The minimum Gasteiger partial charge on any atom is -0.480 e. The molecular formula is C9H11IO2. The lowest BCUT2D eigenvalue weighted by Gasteiger charge is -2.27. The minimum atomic E-state index is -0.768. The quantitative estimate of drug-likeness (QED) is 0.590. The smallest absolute Gasteiger partial charge is 0.324 e. The lowest BCUT2D eigenvalue weighted by Crippen LogP contribution is -2.36. The number of halogens is 1. The Hall–Kier alpha value is -0.320. The normalized spacial score (nSPS) is 34.6. The summed E-state index contributed by atoms with van der Waals surface area (Å²) in [6, 6.07) is 0. The van der Waals surface area contributed by atoms with Crippen LogP contribution in [0.4, 0.5) is 0 Å². The van der Waals surface area contributed by atoms with Crippen molar-refractivity contribution in [3.8, 4) is 0 Å². The zero-order valence-electron chi connectivity index (χ0n) is 7.04. The first-order valence-electron chi connectivity index (χ1n) is 3.77. The lowest BCUT2D eigenvalue weighted by molar-refractivity contribution is -0.138. The molecule has 0 amide bonds. The van der Waals surface area contributed by atoms with Gasteiger partial charge in [-0.25, -0.2) is 0 Å². The highest BCUT2D eigenvalue weighted by Gasteiger charge is 2.38. The van der Waals surface area contributed by atoms with Crippen molar-refractivity contribution >= 4 is 28.6 Å². The molecule has 66 valence electrons. The summed E-state index contributed by atoms with van der Waals surface area (Å²) in [5, 5.41) is 8.97. The van der Waals surface area contributed by atoms with Gasteiger partial charge in [-0.05, 0) is 6.92 Å². The van der Waals surface area contributed by atoms with Gasteiger partial charge >= 0.3 is 5.97 Å². The summed E-state index contributed by atoms with van der Waals surface area (Å²) in [6.07, 6.45) is 5.61. The number of hydrogen-bond acceptors (Lipinski definition) is 1. The molecule has 3 heteroatoms. The van der Waals surface area contributed by atoms with Crippen molar-refractivity contribution in [3.63, 3.8) is 0 Å². The summed E-state index contributed by atoms with van der Waals surface area (Å²) in [5.41, 5.74) is 1.14. The summed E-state index contributed by atoms with van der Waals surface area (Å²) in [7, 11) is 0. The Labute approximate surface area is 85.5 Å². The van der Waals surface area contributed by atoms with E-state index in [1.807, 2.05) is 48.6 Å². The minimum absolute atomic E-state index is 0.0561. The maximum Gasteiger partial charge on any atom is 0.324 e. The molecule has 1 N–H and O–H groups in total. The standard InChI is InChI=1S/C9H11IO2/c1-6-3-4-9(10,8(11)12)7(2)5-6/h3-5,7H,1-2H3,(H,11,12). The first-order chi connectivity index (χ1) is 5.47. The maximum atomic E-state index is 10.9. The van der Waals surface area contributed by atoms with Crippen LogP contribution in [0, 0.1) is 5.92 Å². The van der Waals surface area contributed by atoms with Crippen LogP contribution in [0.25, 0.3) is 0 Å². The number of hydrogen-bond donors (Lipinski definition) is 1. The first kappa shape index (κ1) is 9.77. The highest BCUT2D eigenvalue weighted by Crippen LogP contribution is 2.35. The van der Waals surface area contributed by atoms with Gasteiger partial charge in [0.25, 0.3) is 0 Å². The van der Waals surface area contributed by atoms with Crippen LogP contribution in [0.3, 0.4) is 0 Å². The van der Waals surface area contributed by atoms with Crippen LogP contribution in [0.1, 0.15) is 13.8 Å². The van der Waals surface area contributed by atoms with Crippen molar-refractivity contribution in [3.05, 3.63) is 23.8 Å². The monoisotopic (exact) mass is 278 g/mol. The molecule has 0 aliphatic heterocycles. The molecule has 0 heterocycles. The van der Waals surface area contributed by atoms with Crippen molar-refractivity contribution in [2.45, 2.75) is 17.3 Å². The molecule has 0 bridgehead atoms. The predicted octanol–water partition coefficient (Wildman–Crippen LogP) is 2.40. The molecule has 2 nitrogen and oxygen atoms in total. The van der Waals surface area contributed by atoms with Gasteiger partial charge in [0.05, 0.1) is 0 Å². The summed E-state index contributed by atoms with van der Waals surface area (Å²) in [4.78, 5) is 10.9. The summed E-state index contributed by atoms with van der Waals surface area (Å²) >= 11 is 1.99. The van der Waals surface area contributed by atoms with Crippen molar-refractivity contribution in [1.29, 1.82) is 0 Å². The van der Waals surface area contributed by atoms with Gasteiger partial charge in [0.1, 0.15) is 3.42 Å². The molecule has 0 fully saturated rings. The molecule has 0 aromatic carbocycles.